The Labute approximate surface area is 154 Å². The summed E-state index contributed by atoms with van der Waals surface area (Å²) < 4.78 is 2.00. The van der Waals surface area contributed by atoms with Gasteiger partial charge < -0.3 is 15.3 Å². The highest BCUT2D eigenvalue weighted by molar-refractivity contribution is 5.72. The Kier molecular flexibility index (Phi) is 5.27. The summed E-state index contributed by atoms with van der Waals surface area (Å²) in [6.07, 6.45) is 1.01. The van der Waals surface area contributed by atoms with Crippen molar-refractivity contribution < 1.29 is 9.90 Å². The largest absolute Gasteiger partial charge is 0.393 e. The molecular weight excluding hydrogens is 330 g/mol. The molecule has 0 radical (unpaired) electrons. The first-order chi connectivity index (χ1) is 12.4. The van der Waals surface area contributed by atoms with Gasteiger partial charge in [-0.1, -0.05) is 12.1 Å². The lowest BCUT2D eigenvalue weighted by Gasteiger charge is -2.19. The van der Waals surface area contributed by atoms with Gasteiger partial charge in [0, 0.05) is 45.1 Å². The van der Waals surface area contributed by atoms with Crippen LogP contribution < -0.4 is 10.2 Å². The summed E-state index contributed by atoms with van der Waals surface area (Å²) in [5.74, 6) is 1.77. The normalized spacial score (nSPS) is 22.4. The minimum Gasteiger partial charge on any atom is -0.393 e. The standard InChI is InChI=1S/C19H27N5O2/c1-12-6-5-7-16(8-12)23(3)19-22-21-18(24(19)4)14-9-15(17(26)10-14)11-20-13(2)25/h5-8,14-15,17,26H,9-11H2,1-4H3,(H,20,25)/t14-,15+,17+/m0/s1. The predicted octanol–water partition coefficient (Wildman–Crippen LogP) is 1.88. The quantitative estimate of drug-likeness (QED) is 0.854. The van der Waals surface area contributed by atoms with Crippen molar-refractivity contribution >= 4 is 17.5 Å². The Balaban J connectivity index is 1.76. The van der Waals surface area contributed by atoms with Gasteiger partial charge >= 0.3 is 0 Å². The van der Waals surface area contributed by atoms with Gasteiger partial charge in [-0.2, -0.15) is 0 Å². The van der Waals surface area contributed by atoms with Crippen molar-refractivity contribution in [2.45, 2.75) is 38.7 Å². The number of nitrogens with zero attached hydrogens (tertiary/aromatic N) is 4. The molecule has 1 amide bonds. The van der Waals surface area contributed by atoms with Gasteiger partial charge in [-0.05, 0) is 37.5 Å². The van der Waals surface area contributed by atoms with E-state index in [1.165, 1.54) is 12.5 Å². The number of aliphatic hydroxyl groups is 1. The summed E-state index contributed by atoms with van der Waals surface area (Å²) >= 11 is 0. The SMILES string of the molecule is CC(=O)NC[C@H]1C[C@H](c2nnc(N(C)c3cccc(C)c3)n2C)C[C@H]1O. The number of aryl methyl sites for hydroxylation is 1. The smallest absolute Gasteiger partial charge is 0.231 e. The number of amides is 1. The van der Waals surface area contributed by atoms with E-state index < -0.39 is 6.10 Å². The zero-order valence-electron chi connectivity index (χ0n) is 15.8. The molecule has 0 unspecified atom stereocenters. The van der Waals surface area contributed by atoms with E-state index in [1.54, 1.807) is 0 Å². The molecule has 1 aliphatic rings. The van der Waals surface area contributed by atoms with Gasteiger partial charge in [-0.15, -0.1) is 10.2 Å². The van der Waals surface area contributed by atoms with Crippen molar-refractivity contribution in [3.63, 3.8) is 0 Å². The van der Waals surface area contributed by atoms with Crippen LogP contribution in [0.15, 0.2) is 24.3 Å². The molecule has 1 aromatic heterocycles. The molecule has 140 valence electrons. The number of nitrogens with one attached hydrogen (secondary N) is 1. The monoisotopic (exact) mass is 357 g/mol. The Morgan fingerprint density at radius 3 is 2.85 bits per heavy atom. The molecule has 0 spiro atoms. The number of aromatic nitrogens is 3. The van der Waals surface area contributed by atoms with Crippen molar-refractivity contribution in [2.75, 3.05) is 18.5 Å². The van der Waals surface area contributed by atoms with Crippen LogP contribution in [-0.4, -0.2) is 45.5 Å². The molecule has 0 saturated heterocycles. The van der Waals surface area contributed by atoms with Gasteiger partial charge in [-0.25, -0.2) is 0 Å². The molecule has 0 bridgehead atoms. The summed E-state index contributed by atoms with van der Waals surface area (Å²) in [6.45, 7) is 4.06. The fraction of sp³-hybridized carbons (Fsp3) is 0.526. The average Bonchev–Trinajstić information content (AvgIpc) is 3.15. The van der Waals surface area contributed by atoms with E-state index in [9.17, 15) is 9.90 Å². The molecule has 0 aliphatic heterocycles. The number of hydrogen-bond acceptors (Lipinski definition) is 5. The fourth-order valence-electron chi connectivity index (χ4n) is 3.74. The number of benzene rings is 1. The van der Waals surface area contributed by atoms with E-state index in [0.717, 1.165) is 23.9 Å². The highest BCUT2D eigenvalue weighted by Crippen LogP contribution is 2.38. The Hall–Kier alpha value is -2.41. The van der Waals surface area contributed by atoms with E-state index in [-0.39, 0.29) is 17.7 Å². The Morgan fingerprint density at radius 1 is 1.38 bits per heavy atom. The van der Waals surface area contributed by atoms with Crippen molar-refractivity contribution in [1.82, 2.24) is 20.1 Å². The molecule has 2 aromatic rings. The molecule has 1 heterocycles. The molecule has 3 rings (SSSR count). The van der Waals surface area contributed by atoms with Crippen molar-refractivity contribution in [3.8, 4) is 0 Å². The second-order valence-electron chi connectivity index (χ2n) is 7.25. The predicted molar refractivity (Wildman–Crippen MR) is 100 cm³/mol. The highest BCUT2D eigenvalue weighted by atomic mass is 16.3. The van der Waals surface area contributed by atoms with Crippen LogP contribution in [0.3, 0.4) is 0 Å². The molecule has 2 N–H and O–H groups in total. The summed E-state index contributed by atoms with van der Waals surface area (Å²) in [5, 5.41) is 21.9. The number of hydrogen-bond donors (Lipinski definition) is 2. The van der Waals surface area contributed by atoms with Crippen LogP contribution in [-0.2, 0) is 11.8 Å². The van der Waals surface area contributed by atoms with Gasteiger partial charge in [0.1, 0.15) is 5.82 Å². The van der Waals surface area contributed by atoms with Crippen LogP contribution in [0.25, 0.3) is 0 Å². The van der Waals surface area contributed by atoms with Crippen molar-refractivity contribution in [2.24, 2.45) is 13.0 Å². The molecule has 3 atom stereocenters. The number of anilines is 2. The van der Waals surface area contributed by atoms with Crippen molar-refractivity contribution in [1.29, 1.82) is 0 Å². The molecule has 1 aromatic carbocycles. The van der Waals surface area contributed by atoms with Gasteiger partial charge in [0.25, 0.3) is 0 Å². The molecule has 7 nitrogen and oxygen atoms in total. The lowest BCUT2D eigenvalue weighted by molar-refractivity contribution is -0.119. The van der Waals surface area contributed by atoms with E-state index in [2.05, 4.69) is 34.6 Å². The summed E-state index contributed by atoms with van der Waals surface area (Å²) in [6, 6.07) is 8.24. The van der Waals surface area contributed by atoms with Gasteiger partial charge in [-0.3, -0.25) is 9.36 Å². The number of rotatable bonds is 5. The van der Waals surface area contributed by atoms with Gasteiger partial charge in [0.15, 0.2) is 0 Å². The Morgan fingerprint density at radius 2 is 2.15 bits per heavy atom. The minimum atomic E-state index is -0.429. The van der Waals surface area contributed by atoms with Crippen LogP contribution in [0.5, 0.6) is 0 Å². The van der Waals surface area contributed by atoms with Crippen LogP contribution in [0.2, 0.25) is 0 Å². The van der Waals surface area contributed by atoms with Crippen LogP contribution >= 0.6 is 0 Å². The molecule has 26 heavy (non-hydrogen) atoms. The van der Waals surface area contributed by atoms with Crippen LogP contribution in [0, 0.1) is 12.8 Å². The lowest BCUT2D eigenvalue weighted by atomic mass is 10.0. The maximum absolute atomic E-state index is 11.1. The molecule has 7 heteroatoms. The van der Waals surface area contributed by atoms with Gasteiger partial charge in [0.05, 0.1) is 6.10 Å². The minimum absolute atomic E-state index is 0.0542. The lowest BCUT2D eigenvalue weighted by Crippen LogP contribution is -2.30. The third-order valence-electron chi connectivity index (χ3n) is 5.21. The molecule has 1 aliphatic carbocycles. The van der Waals surface area contributed by atoms with E-state index >= 15 is 0 Å². The van der Waals surface area contributed by atoms with E-state index in [1.807, 2.05) is 35.7 Å². The number of carbonyl (C=O) groups excluding carboxylic acids is 1. The second kappa shape index (κ2) is 7.45. The third-order valence-corrected chi connectivity index (χ3v) is 5.21. The molecular formula is C19H27N5O2. The maximum atomic E-state index is 11.1. The van der Waals surface area contributed by atoms with Crippen LogP contribution in [0.1, 0.15) is 37.1 Å². The summed E-state index contributed by atoms with van der Waals surface area (Å²) in [4.78, 5) is 13.1. The van der Waals surface area contributed by atoms with E-state index in [4.69, 9.17) is 0 Å². The molecule has 1 fully saturated rings. The highest BCUT2D eigenvalue weighted by Gasteiger charge is 2.36. The Bertz CT molecular complexity index is 788. The number of aliphatic hydroxyl groups excluding tert-OH is 1. The first kappa shape index (κ1) is 18.4. The fourth-order valence-corrected chi connectivity index (χ4v) is 3.74. The van der Waals surface area contributed by atoms with E-state index in [0.29, 0.717) is 13.0 Å². The first-order valence-electron chi connectivity index (χ1n) is 8.99. The van der Waals surface area contributed by atoms with Crippen molar-refractivity contribution in [3.05, 3.63) is 35.7 Å². The third kappa shape index (κ3) is 3.72. The topological polar surface area (TPSA) is 83.3 Å². The first-order valence-corrected chi connectivity index (χ1v) is 8.99. The number of carbonyl (C=O) groups is 1. The second-order valence-corrected chi connectivity index (χ2v) is 7.25. The zero-order valence-corrected chi connectivity index (χ0v) is 15.8. The molecule has 1 saturated carbocycles. The summed E-state index contributed by atoms with van der Waals surface area (Å²) in [5.41, 5.74) is 2.25. The average molecular weight is 357 g/mol. The zero-order chi connectivity index (χ0) is 18.8. The summed E-state index contributed by atoms with van der Waals surface area (Å²) in [7, 11) is 3.94. The van der Waals surface area contributed by atoms with Crippen LogP contribution in [0.4, 0.5) is 11.6 Å². The maximum Gasteiger partial charge on any atom is 0.231 e. The van der Waals surface area contributed by atoms with Gasteiger partial charge in [0.2, 0.25) is 11.9 Å².